The fraction of sp³-hybridized carbons (Fsp3) is 0.333. The second-order valence-corrected chi connectivity index (χ2v) is 6.51. The molecule has 0 saturated heterocycles. The van der Waals surface area contributed by atoms with Crippen molar-refractivity contribution in [3.05, 3.63) is 46.2 Å². The van der Waals surface area contributed by atoms with Crippen LogP contribution in [0.5, 0.6) is 5.75 Å². The van der Waals surface area contributed by atoms with E-state index in [1.54, 1.807) is 19.2 Å². The van der Waals surface area contributed by atoms with Gasteiger partial charge < -0.3 is 25.3 Å². The van der Waals surface area contributed by atoms with Gasteiger partial charge in [0, 0.05) is 38.5 Å². The predicted molar refractivity (Wildman–Crippen MR) is 125 cm³/mol. The van der Waals surface area contributed by atoms with Crippen molar-refractivity contribution < 1.29 is 9.53 Å². The molecule has 1 heterocycles. The van der Waals surface area contributed by atoms with Crippen molar-refractivity contribution in [1.29, 1.82) is 0 Å². The van der Waals surface area contributed by atoms with E-state index in [2.05, 4.69) is 20.9 Å². The molecule has 0 aliphatic carbocycles. The van der Waals surface area contributed by atoms with Crippen LogP contribution < -0.4 is 20.7 Å². The van der Waals surface area contributed by atoms with Gasteiger partial charge in [0.15, 0.2) is 5.96 Å². The quantitative estimate of drug-likeness (QED) is 0.217. The van der Waals surface area contributed by atoms with E-state index >= 15 is 0 Å². The number of amides is 1. The van der Waals surface area contributed by atoms with Crippen LogP contribution in [0.4, 0.5) is 5.69 Å². The van der Waals surface area contributed by atoms with E-state index in [0.717, 1.165) is 5.69 Å². The molecule has 0 saturated carbocycles. The molecule has 0 aliphatic heterocycles. The summed E-state index contributed by atoms with van der Waals surface area (Å²) in [6, 6.07) is 9.05. The highest BCUT2D eigenvalue weighted by Crippen LogP contribution is 2.24. The summed E-state index contributed by atoms with van der Waals surface area (Å²) in [5.41, 5.74) is 1.64. The van der Waals surface area contributed by atoms with Gasteiger partial charge in [-0.1, -0.05) is 29.3 Å². The van der Waals surface area contributed by atoms with Gasteiger partial charge in [-0.05, 0) is 18.2 Å². The molecular formula is C18H24Cl2IN5O2. The Kier molecular flexibility index (Phi) is 10.5. The molecule has 0 unspecified atom stereocenters. The highest BCUT2D eigenvalue weighted by Gasteiger charge is 2.09. The first-order valence-corrected chi connectivity index (χ1v) is 9.11. The average Bonchev–Trinajstić information content (AvgIpc) is 2.88. The van der Waals surface area contributed by atoms with Crippen LogP contribution in [0.15, 0.2) is 35.3 Å². The van der Waals surface area contributed by atoms with E-state index in [0.29, 0.717) is 47.3 Å². The van der Waals surface area contributed by atoms with Crippen LogP contribution in [0.3, 0.4) is 0 Å². The summed E-state index contributed by atoms with van der Waals surface area (Å²) in [6.07, 6.45) is 0. The molecule has 10 heteroatoms. The molecule has 28 heavy (non-hydrogen) atoms. The molecule has 0 bridgehead atoms. The van der Waals surface area contributed by atoms with Gasteiger partial charge in [0.2, 0.25) is 5.91 Å². The summed E-state index contributed by atoms with van der Waals surface area (Å²) in [4.78, 5) is 15.3. The minimum atomic E-state index is -0.121. The topological polar surface area (TPSA) is 79.7 Å². The number of hydrogen-bond donors (Lipinski definition) is 3. The Labute approximate surface area is 191 Å². The van der Waals surface area contributed by atoms with Crippen molar-refractivity contribution in [2.45, 2.75) is 13.5 Å². The highest BCUT2D eigenvalue weighted by atomic mass is 127. The van der Waals surface area contributed by atoms with E-state index in [-0.39, 0.29) is 29.9 Å². The standard InChI is InChI=1S/C18H23Cl2N5O2.HI/c1-12(26)24-13-5-4-6-15(9-13)27-8-7-22-18(21-2)23-11-14-10-16(19)17(20)25(14)3;/h4-6,9-10H,7-8,11H2,1-3H3,(H,24,26)(H2,21,22,23);1H. The molecule has 0 aliphatic rings. The number of benzene rings is 1. The fourth-order valence-electron chi connectivity index (χ4n) is 2.36. The van der Waals surface area contributed by atoms with Crippen LogP contribution in [0.2, 0.25) is 10.2 Å². The van der Waals surface area contributed by atoms with Gasteiger partial charge in [-0.15, -0.1) is 24.0 Å². The van der Waals surface area contributed by atoms with Crippen LogP contribution in [0, 0.1) is 0 Å². The number of nitrogens with one attached hydrogen (secondary N) is 3. The molecule has 0 radical (unpaired) electrons. The average molecular weight is 540 g/mol. The number of carbonyl (C=O) groups is 1. The normalized spacial score (nSPS) is 10.8. The number of guanidine groups is 1. The minimum absolute atomic E-state index is 0. The van der Waals surface area contributed by atoms with Gasteiger partial charge >= 0.3 is 0 Å². The minimum Gasteiger partial charge on any atom is -0.492 e. The van der Waals surface area contributed by atoms with Crippen LogP contribution in [0.25, 0.3) is 0 Å². The van der Waals surface area contributed by atoms with Gasteiger partial charge in [-0.25, -0.2) is 0 Å². The maximum absolute atomic E-state index is 11.1. The lowest BCUT2D eigenvalue weighted by atomic mass is 10.3. The summed E-state index contributed by atoms with van der Waals surface area (Å²) in [6.45, 7) is 2.99. The Morgan fingerprint density at radius 3 is 2.61 bits per heavy atom. The summed E-state index contributed by atoms with van der Waals surface area (Å²) >= 11 is 12.1. The Morgan fingerprint density at radius 2 is 2.00 bits per heavy atom. The zero-order chi connectivity index (χ0) is 19.8. The number of aromatic nitrogens is 1. The fourth-order valence-corrected chi connectivity index (χ4v) is 2.77. The third kappa shape index (κ3) is 7.40. The van der Waals surface area contributed by atoms with Crippen LogP contribution in [-0.2, 0) is 18.4 Å². The van der Waals surface area contributed by atoms with Crippen molar-refractivity contribution in [3.63, 3.8) is 0 Å². The van der Waals surface area contributed by atoms with Crippen molar-refractivity contribution in [3.8, 4) is 5.75 Å². The summed E-state index contributed by atoms with van der Waals surface area (Å²) in [5.74, 6) is 1.20. The number of ether oxygens (including phenoxy) is 1. The molecule has 2 aromatic rings. The summed E-state index contributed by atoms with van der Waals surface area (Å²) in [7, 11) is 3.54. The van der Waals surface area contributed by atoms with E-state index in [1.807, 2.05) is 29.8 Å². The number of halogens is 3. The molecule has 1 amide bonds. The van der Waals surface area contributed by atoms with Gasteiger partial charge in [0.05, 0.1) is 18.1 Å². The number of hydrogen-bond acceptors (Lipinski definition) is 3. The third-order valence-corrected chi connectivity index (χ3v) is 4.54. The molecule has 1 aromatic heterocycles. The van der Waals surface area contributed by atoms with Crippen molar-refractivity contribution in [2.24, 2.45) is 12.0 Å². The zero-order valence-electron chi connectivity index (χ0n) is 15.9. The van der Waals surface area contributed by atoms with E-state index in [1.165, 1.54) is 6.92 Å². The van der Waals surface area contributed by atoms with Crippen molar-refractivity contribution >= 4 is 64.7 Å². The first-order valence-electron chi connectivity index (χ1n) is 8.35. The van der Waals surface area contributed by atoms with Crippen LogP contribution in [-0.4, -0.2) is 36.6 Å². The largest absolute Gasteiger partial charge is 0.492 e. The first kappa shape index (κ1) is 24.4. The smallest absolute Gasteiger partial charge is 0.221 e. The molecule has 0 atom stereocenters. The number of rotatable bonds is 7. The van der Waals surface area contributed by atoms with Gasteiger partial charge in [-0.2, -0.15) is 0 Å². The van der Waals surface area contributed by atoms with Crippen LogP contribution >= 0.6 is 47.2 Å². The molecule has 0 spiro atoms. The lowest BCUT2D eigenvalue weighted by Crippen LogP contribution is -2.39. The second kappa shape index (κ2) is 12.0. The maximum Gasteiger partial charge on any atom is 0.221 e. The SMILES string of the molecule is CN=C(NCCOc1cccc(NC(C)=O)c1)NCc1cc(Cl)c(Cl)n1C.I. The van der Waals surface area contributed by atoms with Crippen LogP contribution in [0.1, 0.15) is 12.6 Å². The Bertz CT molecular complexity index is 826. The molecule has 2 rings (SSSR count). The monoisotopic (exact) mass is 539 g/mol. The molecular weight excluding hydrogens is 516 g/mol. The van der Waals surface area contributed by atoms with Gasteiger partial charge in [-0.3, -0.25) is 9.79 Å². The molecule has 3 N–H and O–H groups in total. The number of nitrogens with zero attached hydrogens (tertiary/aromatic N) is 2. The third-order valence-electron chi connectivity index (χ3n) is 3.69. The summed E-state index contributed by atoms with van der Waals surface area (Å²) < 4.78 is 7.50. The molecule has 1 aromatic carbocycles. The van der Waals surface area contributed by atoms with Gasteiger partial charge in [0.25, 0.3) is 0 Å². The highest BCUT2D eigenvalue weighted by molar-refractivity contribution is 14.0. The predicted octanol–water partition coefficient (Wildman–Crippen LogP) is 3.65. The number of anilines is 1. The number of aliphatic imine (C=N–C) groups is 1. The van der Waals surface area contributed by atoms with Crippen molar-refractivity contribution in [1.82, 2.24) is 15.2 Å². The van der Waals surface area contributed by atoms with Gasteiger partial charge in [0.1, 0.15) is 17.5 Å². The molecule has 154 valence electrons. The molecule has 0 fully saturated rings. The lowest BCUT2D eigenvalue weighted by Gasteiger charge is -2.13. The number of carbonyl (C=O) groups excluding carboxylic acids is 1. The van der Waals surface area contributed by atoms with Crippen molar-refractivity contribution in [2.75, 3.05) is 25.5 Å². The van der Waals surface area contributed by atoms with E-state index in [9.17, 15) is 4.79 Å². The Morgan fingerprint density at radius 1 is 1.25 bits per heavy atom. The first-order chi connectivity index (χ1) is 12.9. The second-order valence-electron chi connectivity index (χ2n) is 5.74. The molecule has 7 nitrogen and oxygen atoms in total. The van der Waals surface area contributed by atoms with E-state index < -0.39 is 0 Å². The maximum atomic E-state index is 11.1. The zero-order valence-corrected chi connectivity index (χ0v) is 19.7. The van der Waals surface area contributed by atoms with E-state index in [4.69, 9.17) is 27.9 Å². The lowest BCUT2D eigenvalue weighted by molar-refractivity contribution is -0.114. The Hall–Kier alpha value is -1.65. The Balaban J connectivity index is 0.00000392. The summed E-state index contributed by atoms with van der Waals surface area (Å²) in [5, 5.41) is 10.1.